The van der Waals surface area contributed by atoms with E-state index in [1.54, 1.807) is 12.1 Å². The Morgan fingerprint density at radius 3 is 2.78 bits per heavy atom. The van der Waals surface area contributed by atoms with Crippen LogP contribution in [0, 0.1) is 0 Å². The zero-order valence-corrected chi connectivity index (χ0v) is 14.7. The van der Waals surface area contributed by atoms with Gasteiger partial charge in [-0.2, -0.15) is 0 Å². The molecule has 1 aliphatic rings. The van der Waals surface area contributed by atoms with Gasteiger partial charge in [-0.1, -0.05) is 13.3 Å². The Morgan fingerprint density at radius 1 is 1.48 bits per heavy atom. The summed E-state index contributed by atoms with van der Waals surface area (Å²) in [5.74, 6) is -0.0128. The summed E-state index contributed by atoms with van der Waals surface area (Å²) < 4.78 is 22.9. The first-order chi connectivity index (χ1) is 10.7. The molecule has 0 fully saturated rings. The van der Waals surface area contributed by atoms with Gasteiger partial charge in [0.05, 0.1) is 11.4 Å². The van der Waals surface area contributed by atoms with Crippen molar-refractivity contribution in [2.24, 2.45) is 5.14 Å². The Kier molecular flexibility index (Phi) is 5.31. The predicted octanol–water partition coefficient (Wildman–Crippen LogP) is 1.39. The van der Waals surface area contributed by atoms with Crippen LogP contribution in [0.25, 0.3) is 0 Å². The summed E-state index contributed by atoms with van der Waals surface area (Å²) in [7, 11) is -3.70. The summed E-state index contributed by atoms with van der Waals surface area (Å²) in [5.41, 5.74) is 1.82. The summed E-state index contributed by atoms with van der Waals surface area (Å²) >= 11 is 0. The number of carbonyl (C=O) groups is 1. The lowest BCUT2D eigenvalue weighted by Crippen LogP contribution is -2.43. The maximum atomic E-state index is 12.2. The zero-order chi connectivity index (χ0) is 17.2. The fourth-order valence-electron chi connectivity index (χ4n) is 3.07. The van der Waals surface area contributed by atoms with Crippen molar-refractivity contribution >= 4 is 21.6 Å². The van der Waals surface area contributed by atoms with Gasteiger partial charge < -0.3 is 10.2 Å². The number of primary sulfonamides is 1. The highest BCUT2D eigenvalue weighted by Gasteiger charge is 2.28. The van der Waals surface area contributed by atoms with Crippen LogP contribution in [-0.4, -0.2) is 33.0 Å². The van der Waals surface area contributed by atoms with Crippen LogP contribution in [0.1, 0.15) is 39.2 Å². The average molecular weight is 339 g/mol. The van der Waals surface area contributed by atoms with Crippen LogP contribution < -0.4 is 15.4 Å². The summed E-state index contributed by atoms with van der Waals surface area (Å²) in [6.45, 7) is 6.39. The van der Waals surface area contributed by atoms with Crippen molar-refractivity contribution in [3.05, 3.63) is 23.8 Å². The number of anilines is 1. The number of fused-ring (bicyclic) bond motifs is 1. The molecule has 1 aliphatic heterocycles. The van der Waals surface area contributed by atoms with Crippen molar-refractivity contribution in [2.45, 2.75) is 57.0 Å². The van der Waals surface area contributed by atoms with E-state index in [0.29, 0.717) is 6.42 Å². The Balaban J connectivity index is 2.13. The van der Waals surface area contributed by atoms with Gasteiger partial charge in [0, 0.05) is 17.8 Å². The third kappa shape index (κ3) is 4.23. The van der Waals surface area contributed by atoms with Gasteiger partial charge in [-0.15, -0.1) is 0 Å². The number of carbonyl (C=O) groups excluding carboxylic acids is 1. The lowest BCUT2D eigenvalue weighted by atomic mass is 10.1. The first kappa shape index (κ1) is 17.7. The molecular formula is C16H25N3O3S. The molecule has 6 nitrogen and oxygen atoms in total. The third-order valence-corrected chi connectivity index (χ3v) is 5.09. The smallest absolute Gasteiger partial charge is 0.239 e. The van der Waals surface area contributed by atoms with E-state index >= 15 is 0 Å². The maximum Gasteiger partial charge on any atom is 0.239 e. The second kappa shape index (κ2) is 6.88. The molecule has 0 aliphatic carbocycles. The van der Waals surface area contributed by atoms with Gasteiger partial charge in [-0.25, -0.2) is 13.6 Å². The first-order valence-electron chi connectivity index (χ1n) is 7.94. The second-order valence-corrected chi connectivity index (χ2v) is 7.84. The molecule has 0 bridgehead atoms. The van der Waals surface area contributed by atoms with Crippen LogP contribution >= 0.6 is 0 Å². The SMILES string of the molecule is CCC[C@@H](C)NC(=O)CN1c2ccc(S(N)(=O)=O)cc2C[C@H]1C. The van der Waals surface area contributed by atoms with Gasteiger partial charge in [0.1, 0.15) is 0 Å². The molecule has 0 saturated heterocycles. The van der Waals surface area contributed by atoms with Gasteiger partial charge in [0.25, 0.3) is 0 Å². The number of hydrogen-bond acceptors (Lipinski definition) is 4. The molecule has 0 radical (unpaired) electrons. The summed E-state index contributed by atoms with van der Waals surface area (Å²) in [5, 5.41) is 8.18. The van der Waals surface area contributed by atoms with Gasteiger partial charge in [-0.3, -0.25) is 4.79 Å². The van der Waals surface area contributed by atoms with Crippen LogP contribution in [0.3, 0.4) is 0 Å². The van der Waals surface area contributed by atoms with Gasteiger partial charge >= 0.3 is 0 Å². The van der Waals surface area contributed by atoms with Crippen LogP contribution in [0.4, 0.5) is 5.69 Å². The Bertz CT molecular complexity index is 688. The number of nitrogens with two attached hydrogens (primary N) is 1. The van der Waals surface area contributed by atoms with Crippen LogP contribution in [-0.2, 0) is 21.2 Å². The highest BCUT2D eigenvalue weighted by molar-refractivity contribution is 7.89. The standard InChI is InChI=1S/C16H25N3O3S/c1-4-5-11(2)18-16(20)10-19-12(3)8-13-9-14(23(17,21)22)6-7-15(13)19/h6-7,9,11-12H,4-5,8,10H2,1-3H3,(H,18,20)(H2,17,21,22)/t11-,12-/m1/s1. The van der Waals surface area contributed by atoms with Crippen LogP contribution in [0.15, 0.2) is 23.1 Å². The largest absolute Gasteiger partial charge is 0.359 e. The summed E-state index contributed by atoms with van der Waals surface area (Å²) in [6.07, 6.45) is 2.69. The van der Waals surface area contributed by atoms with Gasteiger partial charge in [-0.05, 0) is 50.5 Å². The fourth-order valence-corrected chi connectivity index (χ4v) is 3.63. The summed E-state index contributed by atoms with van der Waals surface area (Å²) in [6, 6.07) is 5.15. The molecule has 1 aromatic rings. The monoisotopic (exact) mass is 339 g/mol. The van der Waals surface area contributed by atoms with E-state index in [2.05, 4.69) is 12.2 Å². The van der Waals surface area contributed by atoms with Crippen molar-refractivity contribution in [3.63, 3.8) is 0 Å². The molecule has 1 amide bonds. The molecule has 23 heavy (non-hydrogen) atoms. The second-order valence-electron chi connectivity index (χ2n) is 6.27. The molecule has 2 rings (SSSR count). The molecular weight excluding hydrogens is 314 g/mol. The molecule has 1 aromatic carbocycles. The number of hydrogen-bond donors (Lipinski definition) is 2. The Hall–Kier alpha value is -1.60. The fraction of sp³-hybridized carbons (Fsp3) is 0.562. The Labute approximate surface area is 138 Å². The zero-order valence-electron chi connectivity index (χ0n) is 13.9. The quantitative estimate of drug-likeness (QED) is 0.819. The lowest BCUT2D eigenvalue weighted by Gasteiger charge is -2.25. The van der Waals surface area contributed by atoms with E-state index in [0.717, 1.165) is 24.1 Å². The molecule has 1 heterocycles. The third-order valence-electron chi connectivity index (χ3n) is 4.18. The molecule has 0 saturated carbocycles. The molecule has 3 N–H and O–H groups in total. The Morgan fingerprint density at radius 2 is 2.17 bits per heavy atom. The van der Waals surface area contributed by atoms with Crippen molar-refractivity contribution in [2.75, 3.05) is 11.4 Å². The molecule has 7 heteroatoms. The number of nitrogens with zero attached hydrogens (tertiary/aromatic N) is 1. The summed E-state index contributed by atoms with van der Waals surface area (Å²) in [4.78, 5) is 14.3. The highest BCUT2D eigenvalue weighted by atomic mass is 32.2. The molecule has 0 aromatic heterocycles. The van der Waals surface area contributed by atoms with E-state index in [1.807, 2.05) is 18.7 Å². The topological polar surface area (TPSA) is 92.5 Å². The van der Waals surface area contributed by atoms with Crippen molar-refractivity contribution in [1.82, 2.24) is 5.32 Å². The maximum absolute atomic E-state index is 12.2. The van der Waals surface area contributed by atoms with E-state index in [4.69, 9.17) is 5.14 Å². The van der Waals surface area contributed by atoms with E-state index in [9.17, 15) is 13.2 Å². The number of amides is 1. The number of rotatable bonds is 6. The molecule has 0 unspecified atom stereocenters. The minimum absolute atomic E-state index is 0.0128. The number of sulfonamides is 1. The van der Waals surface area contributed by atoms with E-state index < -0.39 is 10.0 Å². The van der Waals surface area contributed by atoms with Crippen LogP contribution in [0.5, 0.6) is 0 Å². The van der Waals surface area contributed by atoms with Gasteiger partial charge in [0.15, 0.2) is 0 Å². The minimum Gasteiger partial charge on any atom is -0.359 e. The normalized spacial score (nSPS) is 18.6. The number of nitrogens with one attached hydrogen (secondary N) is 1. The van der Waals surface area contributed by atoms with Gasteiger partial charge in [0.2, 0.25) is 15.9 Å². The van der Waals surface area contributed by atoms with E-state index in [1.165, 1.54) is 6.07 Å². The first-order valence-corrected chi connectivity index (χ1v) is 9.48. The minimum atomic E-state index is -3.70. The predicted molar refractivity (Wildman–Crippen MR) is 90.8 cm³/mol. The number of benzene rings is 1. The van der Waals surface area contributed by atoms with E-state index in [-0.39, 0.29) is 29.4 Å². The van der Waals surface area contributed by atoms with Crippen molar-refractivity contribution in [3.8, 4) is 0 Å². The van der Waals surface area contributed by atoms with Crippen LogP contribution in [0.2, 0.25) is 0 Å². The highest BCUT2D eigenvalue weighted by Crippen LogP contribution is 2.33. The molecule has 128 valence electrons. The molecule has 2 atom stereocenters. The van der Waals surface area contributed by atoms with Crippen molar-refractivity contribution < 1.29 is 13.2 Å². The average Bonchev–Trinajstić information content (AvgIpc) is 2.73. The molecule has 0 spiro atoms. The van der Waals surface area contributed by atoms with Crippen molar-refractivity contribution in [1.29, 1.82) is 0 Å². The lowest BCUT2D eigenvalue weighted by molar-refractivity contribution is -0.120.